The van der Waals surface area contributed by atoms with Gasteiger partial charge < -0.3 is 18.9 Å². The van der Waals surface area contributed by atoms with Gasteiger partial charge in [0, 0.05) is 6.42 Å². The molecule has 1 aromatic rings. The van der Waals surface area contributed by atoms with Crippen molar-refractivity contribution in [3.8, 4) is 5.75 Å². The van der Waals surface area contributed by atoms with Gasteiger partial charge >= 0.3 is 5.97 Å². The number of fused-ring (bicyclic) bond motifs is 1. The van der Waals surface area contributed by atoms with Crippen molar-refractivity contribution in [3.63, 3.8) is 0 Å². The first kappa shape index (κ1) is 15.6. The van der Waals surface area contributed by atoms with Crippen LogP contribution in [0.3, 0.4) is 0 Å². The molecule has 5 heteroatoms. The highest BCUT2D eigenvalue weighted by Gasteiger charge is 2.53. The van der Waals surface area contributed by atoms with Crippen molar-refractivity contribution in [2.75, 3.05) is 20.3 Å². The largest absolute Gasteiger partial charge is 0.497 e. The number of hydrogen-bond acceptors (Lipinski definition) is 5. The third kappa shape index (κ3) is 2.61. The van der Waals surface area contributed by atoms with Crippen LogP contribution in [-0.4, -0.2) is 31.9 Å². The summed E-state index contributed by atoms with van der Waals surface area (Å²) in [4.78, 5) is 12.1. The van der Waals surface area contributed by atoms with E-state index in [0.29, 0.717) is 31.0 Å². The zero-order valence-corrected chi connectivity index (χ0v) is 13.3. The molecule has 23 heavy (non-hydrogen) atoms. The standard InChI is InChI=1S/C18H20O5/c1-4-21-17(19)12(2)18-11-15(23-16(18)9-10-22-18)13-5-7-14(20-3)8-6-13/h5-9,15H,2,4,10-11H2,1,3H3. The van der Waals surface area contributed by atoms with E-state index >= 15 is 0 Å². The van der Waals surface area contributed by atoms with Crippen LogP contribution in [0.15, 0.2) is 48.3 Å². The van der Waals surface area contributed by atoms with E-state index in [9.17, 15) is 4.79 Å². The fraction of sp³-hybridized carbons (Fsp3) is 0.389. The van der Waals surface area contributed by atoms with Gasteiger partial charge in [-0.25, -0.2) is 4.79 Å². The number of carbonyl (C=O) groups excluding carboxylic acids is 1. The van der Waals surface area contributed by atoms with E-state index < -0.39 is 11.6 Å². The number of esters is 1. The van der Waals surface area contributed by atoms with Crippen LogP contribution in [0.4, 0.5) is 0 Å². The third-order valence-corrected chi connectivity index (χ3v) is 4.24. The number of hydrogen-bond donors (Lipinski definition) is 0. The Morgan fingerprint density at radius 3 is 2.78 bits per heavy atom. The summed E-state index contributed by atoms with van der Waals surface area (Å²) in [5.41, 5.74) is 0.386. The van der Waals surface area contributed by atoms with Crippen molar-refractivity contribution in [3.05, 3.63) is 53.8 Å². The zero-order valence-electron chi connectivity index (χ0n) is 13.3. The number of ether oxygens (including phenoxy) is 4. The Balaban J connectivity index is 1.84. The molecule has 0 aromatic heterocycles. The molecule has 0 bridgehead atoms. The van der Waals surface area contributed by atoms with E-state index in [1.165, 1.54) is 0 Å². The van der Waals surface area contributed by atoms with Gasteiger partial charge in [0.05, 0.1) is 25.9 Å². The summed E-state index contributed by atoms with van der Waals surface area (Å²) >= 11 is 0. The molecule has 2 aliphatic heterocycles. The van der Waals surface area contributed by atoms with Crippen molar-refractivity contribution >= 4 is 5.97 Å². The van der Waals surface area contributed by atoms with Gasteiger partial charge in [-0.1, -0.05) is 18.7 Å². The molecule has 0 amide bonds. The molecule has 2 heterocycles. The molecule has 0 N–H and O–H groups in total. The Bertz CT molecular complexity index is 646. The average Bonchev–Trinajstić information content (AvgIpc) is 3.12. The number of benzene rings is 1. The summed E-state index contributed by atoms with van der Waals surface area (Å²) in [5, 5.41) is 0. The van der Waals surface area contributed by atoms with Gasteiger partial charge in [0.2, 0.25) is 0 Å². The summed E-state index contributed by atoms with van der Waals surface area (Å²) in [5.74, 6) is 0.990. The molecule has 3 rings (SSSR count). The fourth-order valence-corrected chi connectivity index (χ4v) is 3.00. The topological polar surface area (TPSA) is 54.0 Å². The van der Waals surface area contributed by atoms with Gasteiger partial charge in [0.15, 0.2) is 5.60 Å². The van der Waals surface area contributed by atoms with Crippen molar-refractivity contribution < 1.29 is 23.7 Å². The minimum Gasteiger partial charge on any atom is -0.497 e. The lowest BCUT2D eigenvalue weighted by Crippen LogP contribution is -2.35. The average molecular weight is 316 g/mol. The van der Waals surface area contributed by atoms with Crippen LogP contribution in [-0.2, 0) is 19.0 Å². The minimum atomic E-state index is -0.906. The Hall–Kier alpha value is -2.27. The lowest BCUT2D eigenvalue weighted by Gasteiger charge is -2.25. The highest BCUT2D eigenvalue weighted by atomic mass is 16.6. The molecule has 2 atom stereocenters. The van der Waals surface area contributed by atoms with E-state index in [1.54, 1.807) is 14.0 Å². The van der Waals surface area contributed by atoms with E-state index in [4.69, 9.17) is 18.9 Å². The van der Waals surface area contributed by atoms with Crippen LogP contribution in [0.25, 0.3) is 0 Å². The van der Waals surface area contributed by atoms with Gasteiger partial charge in [-0.2, -0.15) is 0 Å². The SMILES string of the molecule is C=C(C(=O)OCC)C12CC(c3ccc(OC)cc3)OC1=CCO2. The molecular weight excluding hydrogens is 296 g/mol. The summed E-state index contributed by atoms with van der Waals surface area (Å²) < 4.78 is 22.1. The van der Waals surface area contributed by atoms with E-state index in [0.717, 1.165) is 11.3 Å². The molecule has 0 aliphatic carbocycles. The quantitative estimate of drug-likeness (QED) is 0.617. The Morgan fingerprint density at radius 1 is 1.39 bits per heavy atom. The molecule has 1 saturated heterocycles. The highest BCUT2D eigenvalue weighted by Crippen LogP contribution is 2.50. The first-order chi connectivity index (χ1) is 11.1. The fourth-order valence-electron chi connectivity index (χ4n) is 3.00. The van der Waals surface area contributed by atoms with Crippen LogP contribution in [0.2, 0.25) is 0 Å². The van der Waals surface area contributed by atoms with Gasteiger partial charge in [0.1, 0.15) is 17.6 Å². The lowest BCUT2D eigenvalue weighted by atomic mass is 9.88. The monoisotopic (exact) mass is 316 g/mol. The predicted molar refractivity (Wildman–Crippen MR) is 84.0 cm³/mol. The maximum absolute atomic E-state index is 12.1. The van der Waals surface area contributed by atoms with Crippen LogP contribution < -0.4 is 4.74 Å². The normalized spacial score (nSPS) is 25.3. The van der Waals surface area contributed by atoms with Gasteiger partial charge in [-0.05, 0) is 30.7 Å². The van der Waals surface area contributed by atoms with Crippen molar-refractivity contribution in [1.82, 2.24) is 0 Å². The smallest absolute Gasteiger partial charge is 0.336 e. The highest BCUT2D eigenvalue weighted by molar-refractivity contribution is 5.91. The maximum Gasteiger partial charge on any atom is 0.336 e. The molecule has 0 saturated carbocycles. The summed E-state index contributed by atoms with van der Waals surface area (Å²) in [7, 11) is 1.63. The second-order valence-corrected chi connectivity index (χ2v) is 5.49. The molecule has 122 valence electrons. The van der Waals surface area contributed by atoms with Crippen LogP contribution in [0.5, 0.6) is 5.75 Å². The lowest BCUT2D eigenvalue weighted by molar-refractivity contribution is -0.141. The van der Waals surface area contributed by atoms with Crippen molar-refractivity contribution in [2.45, 2.75) is 25.0 Å². The van der Waals surface area contributed by atoms with E-state index in [1.807, 2.05) is 30.3 Å². The van der Waals surface area contributed by atoms with Crippen LogP contribution in [0, 0.1) is 0 Å². The number of carbonyl (C=O) groups is 1. The zero-order chi connectivity index (χ0) is 16.4. The van der Waals surface area contributed by atoms with E-state index in [-0.39, 0.29) is 6.10 Å². The van der Waals surface area contributed by atoms with Gasteiger partial charge in [-0.15, -0.1) is 0 Å². The molecule has 2 unspecified atom stereocenters. The predicted octanol–water partition coefficient (Wildman–Crippen LogP) is 2.93. The molecular formula is C18H20O5. The number of rotatable bonds is 5. The Kier molecular flexibility index (Phi) is 4.13. The minimum absolute atomic E-state index is 0.196. The van der Waals surface area contributed by atoms with Crippen LogP contribution in [0.1, 0.15) is 25.0 Å². The molecule has 0 radical (unpaired) electrons. The van der Waals surface area contributed by atoms with E-state index in [2.05, 4.69) is 6.58 Å². The molecule has 2 aliphatic rings. The van der Waals surface area contributed by atoms with Crippen molar-refractivity contribution in [2.24, 2.45) is 0 Å². The second kappa shape index (κ2) is 6.08. The maximum atomic E-state index is 12.1. The van der Waals surface area contributed by atoms with Crippen molar-refractivity contribution in [1.29, 1.82) is 0 Å². The molecule has 5 nitrogen and oxygen atoms in total. The molecule has 0 spiro atoms. The van der Waals surface area contributed by atoms with Gasteiger partial charge in [0.25, 0.3) is 0 Å². The molecule has 1 fully saturated rings. The van der Waals surface area contributed by atoms with Crippen LogP contribution >= 0.6 is 0 Å². The van der Waals surface area contributed by atoms with Gasteiger partial charge in [-0.3, -0.25) is 0 Å². The first-order valence-corrected chi connectivity index (χ1v) is 7.62. The summed E-state index contributed by atoms with van der Waals surface area (Å²) in [6.45, 7) is 6.38. The summed E-state index contributed by atoms with van der Waals surface area (Å²) in [6.07, 6.45) is 2.16. The molecule has 1 aromatic carbocycles. The Labute approximate surface area is 135 Å². The summed E-state index contributed by atoms with van der Waals surface area (Å²) in [6, 6.07) is 7.67. The number of methoxy groups -OCH3 is 1. The third-order valence-electron chi connectivity index (χ3n) is 4.24. The first-order valence-electron chi connectivity index (χ1n) is 7.62. The second-order valence-electron chi connectivity index (χ2n) is 5.49. The Morgan fingerprint density at radius 2 is 2.13 bits per heavy atom.